The van der Waals surface area contributed by atoms with Crippen LogP contribution in [0.4, 0.5) is 5.82 Å². The van der Waals surface area contributed by atoms with Crippen LogP contribution in [0.2, 0.25) is 0 Å². The van der Waals surface area contributed by atoms with Crippen molar-refractivity contribution in [3.8, 4) is 0 Å². The fraction of sp³-hybridized carbons (Fsp3) is 0.625. The number of pyridine rings is 1. The Hall–Kier alpha value is -2.17. The summed E-state index contributed by atoms with van der Waals surface area (Å²) in [6, 6.07) is 8.30. The van der Waals surface area contributed by atoms with Crippen molar-refractivity contribution in [2.24, 2.45) is 11.8 Å². The van der Waals surface area contributed by atoms with Crippen molar-refractivity contribution in [1.29, 1.82) is 0 Å². The molecule has 3 atom stereocenters. The second-order valence-corrected chi connectivity index (χ2v) is 9.31. The predicted octanol–water partition coefficient (Wildman–Crippen LogP) is 4.50. The Balaban J connectivity index is 1.69. The number of hydrogen-bond acceptors (Lipinski definition) is 4. The van der Waals surface area contributed by atoms with Crippen molar-refractivity contribution >= 4 is 5.82 Å². The first-order valence-corrected chi connectivity index (χ1v) is 11.3. The molecule has 1 fully saturated rings. The van der Waals surface area contributed by atoms with Crippen LogP contribution in [-0.2, 0) is 6.42 Å². The fourth-order valence-electron chi connectivity index (χ4n) is 5.26. The summed E-state index contributed by atoms with van der Waals surface area (Å²) in [6.07, 6.45) is 5.49. The SMILES string of the molecule is CCCc1cc(N2C[C@H]3C[C@@H](C2)[C@H](CCC(C)C)n2c3cccc2=O)nc(C)n1. The highest BCUT2D eigenvalue weighted by Gasteiger charge is 2.40. The second kappa shape index (κ2) is 8.29. The zero-order valence-corrected chi connectivity index (χ0v) is 18.3. The smallest absolute Gasteiger partial charge is 0.250 e. The minimum Gasteiger partial charge on any atom is -0.355 e. The lowest BCUT2D eigenvalue weighted by atomic mass is 9.76. The van der Waals surface area contributed by atoms with E-state index in [4.69, 9.17) is 4.98 Å². The molecular formula is C24H34N4O. The summed E-state index contributed by atoms with van der Waals surface area (Å²) in [5, 5.41) is 0. The second-order valence-electron chi connectivity index (χ2n) is 9.31. The normalized spacial score (nSPS) is 23.3. The molecule has 0 amide bonds. The molecule has 29 heavy (non-hydrogen) atoms. The number of aryl methyl sites for hydroxylation is 2. The van der Waals surface area contributed by atoms with Gasteiger partial charge in [0.1, 0.15) is 11.6 Å². The molecule has 0 unspecified atom stereocenters. The van der Waals surface area contributed by atoms with E-state index in [0.717, 1.165) is 56.1 Å². The topological polar surface area (TPSA) is 51.0 Å². The van der Waals surface area contributed by atoms with Crippen LogP contribution in [0, 0.1) is 18.8 Å². The highest BCUT2D eigenvalue weighted by atomic mass is 16.1. The molecule has 0 aromatic carbocycles. The van der Waals surface area contributed by atoms with Crippen LogP contribution >= 0.6 is 0 Å². The van der Waals surface area contributed by atoms with Crippen LogP contribution < -0.4 is 10.5 Å². The summed E-state index contributed by atoms with van der Waals surface area (Å²) in [5.74, 6) is 3.45. The predicted molar refractivity (Wildman–Crippen MR) is 118 cm³/mol. The Bertz CT molecular complexity index is 919. The average Bonchev–Trinajstić information content (AvgIpc) is 2.68. The molecule has 2 aliphatic heterocycles. The van der Waals surface area contributed by atoms with Crippen molar-refractivity contribution in [3.05, 3.63) is 51.8 Å². The van der Waals surface area contributed by atoms with Gasteiger partial charge in [0, 0.05) is 48.6 Å². The standard InChI is InChI=1S/C24H34N4O/c1-5-7-20-13-23(26-17(4)25-20)27-14-18-12-19(15-27)22(11-10-16(2)3)28-21(18)8-6-9-24(28)29/h6,8-9,13,16,18-19,22H,5,7,10-12,14-15H2,1-4H3/t18-,19+,22+/m1/s1. The fourth-order valence-corrected chi connectivity index (χ4v) is 5.26. The molecule has 0 radical (unpaired) electrons. The summed E-state index contributed by atoms with van der Waals surface area (Å²) < 4.78 is 2.13. The first-order chi connectivity index (χ1) is 14.0. The van der Waals surface area contributed by atoms with E-state index in [2.05, 4.69) is 47.4 Å². The molecule has 2 aromatic rings. The maximum Gasteiger partial charge on any atom is 0.250 e. The van der Waals surface area contributed by atoms with Gasteiger partial charge in [0.15, 0.2) is 0 Å². The van der Waals surface area contributed by atoms with Gasteiger partial charge < -0.3 is 9.47 Å². The minimum atomic E-state index is 0.169. The molecule has 4 rings (SSSR count). The number of rotatable bonds is 6. The Morgan fingerprint density at radius 3 is 2.79 bits per heavy atom. The molecule has 0 spiro atoms. The van der Waals surface area contributed by atoms with E-state index < -0.39 is 0 Å². The lowest BCUT2D eigenvalue weighted by Gasteiger charge is -2.47. The summed E-state index contributed by atoms with van der Waals surface area (Å²) in [6.45, 7) is 10.6. The maximum atomic E-state index is 12.8. The van der Waals surface area contributed by atoms with Gasteiger partial charge in [-0.25, -0.2) is 9.97 Å². The van der Waals surface area contributed by atoms with E-state index in [9.17, 15) is 4.79 Å². The molecule has 5 nitrogen and oxygen atoms in total. The highest BCUT2D eigenvalue weighted by Crippen LogP contribution is 2.44. The van der Waals surface area contributed by atoms with E-state index >= 15 is 0 Å². The van der Waals surface area contributed by atoms with Gasteiger partial charge in [-0.3, -0.25) is 4.79 Å². The third-order valence-corrected chi connectivity index (χ3v) is 6.55. The summed E-state index contributed by atoms with van der Waals surface area (Å²) in [4.78, 5) is 24.7. The van der Waals surface area contributed by atoms with Crippen LogP contribution in [0.15, 0.2) is 29.1 Å². The van der Waals surface area contributed by atoms with E-state index in [1.807, 2.05) is 13.0 Å². The van der Waals surface area contributed by atoms with Crippen LogP contribution in [0.1, 0.15) is 75.6 Å². The van der Waals surface area contributed by atoms with Crippen LogP contribution in [0.25, 0.3) is 0 Å². The lowest BCUT2D eigenvalue weighted by molar-refractivity contribution is 0.194. The third-order valence-electron chi connectivity index (χ3n) is 6.55. The number of piperidine rings is 1. The van der Waals surface area contributed by atoms with Gasteiger partial charge in [-0.2, -0.15) is 0 Å². The monoisotopic (exact) mass is 394 g/mol. The number of fused-ring (bicyclic) bond motifs is 4. The van der Waals surface area contributed by atoms with Gasteiger partial charge in [0.05, 0.1) is 0 Å². The van der Waals surface area contributed by atoms with Crippen molar-refractivity contribution in [3.63, 3.8) is 0 Å². The maximum absolute atomic E-state index is 12.8. The van der Waals surface area contributed by atoms with Gasteiger partial charge in [-0.1, -0.05) is 33.3 Å². The Labute approximate surface area is 174 Å². The van der Waals surface area contributed by atoms with Crippen molar-refractivity contribution in [2.75, 3.05) is 18.0 Å². The molecule has 0 aliphatic carbocycles. The summed E-state index contributed by atoms with van der Waals surface area (Å²) >= 11 is 0. The zero-order valence-electron chi connectivity index (χ0n) is 18.3. The first kappa shape index (κ1) is 20.1. The molecule has 0 saturated carbocycles. The van der Waals surface area contributed by atoms with Crippen molar-refractivity contribution in [2.45, 2.75) is 71.8 Å². The largest absolute Gasteiger partial charge is 0.355 e. The van der Waals surface area contributed by atoms with Crippen LogP contribution in [0.5, 0.6) is 0 Å². The first-order valence-electron chi connectivity index (χ1n) is 11.3. The molecular weight excluding hydrogens is 360 g/mol. The Kier molecular flexibility index (Phi) is 5.75. The number of anilines is 1. The van der Waals surface area contributed by atoms with Gasteiger partial charge in [-0.05, 0) is 50.5 Å². The zero-order chi connectivity index (χ0) is 20.5. The molecule has 5 heteroatoms. The van der Waals surface area contributed by atoms with Crippen LogP contribution in [-0.4, -0.2) is 27.6 Å². The lowest BCUT2D eigenvalue weighted by Crippen LogP contribution is -2.49. The molecule has 2 aliphatic rings. The third kappa shape index (κ3) is 4.10. The molecule has 2 bridgehead atoms. The Morgan fingerprint density at radius 2 is 2.03 bits per heavy atom. The van der Waals surface area contributed by atoms with Crippen LogP contribution in [0.3, 0.4) is 0 Å². The van der Waals surface area contributed by atoms with Gasteiger partial charge in [0.2, 0.25) is 0 Å². The van der Waals surface area contributed by atoms with Crippen molar-refractivity contribution < 1.29 is 0 Å². The van der Waals surface area contributed by atoms with E-state index in [0.29, 0.717) is 17.8 Å². The van der Waals surface area contributed by atoms with Gasteiger partial charge >= 0.3 is 0 Å². The Morgan fingerprint density at radius 1 is 1.21 bits per heavy atom. The van der Waals surface area contributed by atoms with E-state index in [1.54, 1.807) is 6.07 Å². The van der Waals surface area contributed by atoms with E-state index in [-0.39, 0.29) is 11.6 Å². The molecule has 2 aromatic heterocycles. The highest BCUT2D eigenvalue weighted by molar-refractivity contribution is 5.42. The quantitative estimate of drug-likeness (QED) is 0.724. The number of aromatic nitrogens is 3. The van der Waals surface area contributed by atoms with E-state index in [1.165, 1.54) is 12.1 Å². The summed E-state index contributed by atoms with van der Waals surface area (Å²) in [7, 11) is 0. The average molecular weight is 395 g/mol. The van der Waals surface area contributed by atoms with Crippen molar-refractivity contribution in [1.82, 2.24) is 14.5 Å². The van der Waals surface area contributed by atoms with Gasteiger partial charge in [0.25, 0.3) is 5.56 Å². The summed E-state index contributed by atoms with van der Waals surface area (Å²) in [5.41, 5.74) is 2.52. The van der Waals surface area contributed by atoms with Gasteiger partial charge in [-0.15, -0.1) is 0 Å². The number of nitrogens with zero attached hydrogens (tertiary/aromatic N) is 4. The minimum absolute atomic E-state index is 0.169. The molecule has 156 valence electrons. The molecule has 0 N–H and O–H groups in total. The molecule has 4 heterocycles. The number of hydrogen-bond donors (Lipinski definition) is 0. The molecule has 1 saturated heterocycles.